The van der Waals surface area contributed by atoms with Crippen LogP contribution in [0.15, 0.2) is 46.9 Å². The summed E-state index contributed by atoms with van der Waals surface area (Å²) in [7, 11) is 0. The van der Waals surface area contributed by atoms with Crippen molar-refractivity contribution in [3.63, 3.8) is 0 Å². The average Bonchev–Trinajstić information content (AvgIpc) is 2.85. The van der Waals surface area contributed by atoms with Crippen molar-refractivity contribution in [2.75, 3.05) is 0 Å². The van der Waals surface area contributed by atoms with Gasteiger partial charge in [-0.25, -0.2) is 0 Å². The SMILES string of the molecule is Oc1cc2c3c(oc2cc1-c1ccccc1)CCCC3. The van der Waals surface area contributed by atoms with E-state index in [0.29, 0.717) is 5.75 Å². The van der Waals surface area contributed by atoms with Gasteiger partial charge in [0.2, 0.25) is 0 Å². The second kappa shape index (κ2) is 4.41. The van der Waals surface area contributed by atoms with Crippen LogP contribution in [-0.2, 0) is 12.8 Å². The summed E-state index contributed by atoms with van der Waals surface area (Å²) >= 11 is 0. The van der Waals surface area contributed by atoms with Crippen LogP contribution in [0.1, 0.15) is 24.2 Å². The molecule has 20 heavy (non-hydrogen) atoms. The van der Waals surface area contributed by atoms with Crippen LogP contribution in [0.25, 0.3) is 22.1 Å². The van der Waals surface area contributed by atoms with Gasteiger partial charge in [-0.3, -0.25) is 0 Å². The normalized spacial score (nSPS) is 14.4. The summed E-state index contributed by atoms with van der Waals surface area (Å²) in [5, 5.41) is 11.4. The number of hydrogen-bond donors (Lipinski definition) is 1. The molecule has 1 heterocycles. The molecule has 1 aliphatic rings. The van der Waals surface area contributed by atoms with Gasteiger partial charge >= 0.3 is 0 Å². The van der Waals surface area contributed by atoms with Gasteiger partial charge in [-0.1, -0.05) is 30.3 Å². The van der Waals surface area contributed by atoms with E-state index >= 15 is 0 Å². The largest absolute Gasteiger partial charge is 0.507 e. The number of furan rings is 1. The lowest BCUT2D eigenvalue weighted by molar-refractivity contribution is 0.477. The van der Waals surface area contributed by atoms with Gasteiger partial charge in [0.1, 0.15) is 17.1 Å². The van der Waals surface area contributed by atoms with E-state index in [2.05, 4.69) is 0 Å². The van der Waals surface area contributed by atoms with E-state index in [0.717, 1.165) is 40.7 Å². The molecule has 2 aromatic carbocycles. The minimum atomic E-state index is 0.331. The fourth-order valence-electron chi connectivity index (χ4n) is 3.15. The van der Waals surface area contributed by atoms with Crippen LogP contribution in [0, 0.1) is 0 Å². The molecule has 2 heteroatoms. The van der Waals surface area contributed by atoms with Gasteiger partial charge in [0.05, 0.1) is 0 Å². The highest BCUT2D eigenvalue weighted by Gasteiger charge is 2.19. The summed E-state index contributed by atoms with van der Waals surface area (Å²) < 4.78 is 6.00. The molecule has 0 saturated carbocycles. The number of benzene rings is 2. The second-order valence-corrected chi connectivity index (χ2v) is 5.44. The zero-order valence-electron chi connectivity index (χ0n) is 11.2. The molecule has 0 bridgehead atoms. The molecule has 1 aromatic heterocycles. The van der Waals surface area contributed by atoms with Crippen molar-refractivity contribution < 1.29 is 9.52 Å². The topological polar surface area (TPSA) is 33.4 Å². The summed E-state index contributed by atoms with van der Waals surface area (Å²) in [5.74, 6) is 1.44. The van der Waals surface area contributed by atoms with E-state index in [-0.39, 0.29) is 0 Å². The third kappa shape index (κ3) is 1.72. The number of aryl methyl sites for hydroxylation is 2. The molecule has 0 fully saturated rings. The molecular formula is C18H16O2. The van der Waals surface area contributed by atoms with Crippen LogP contribution < -0.4 is 0 Å². The van der Waals surface area contributed by atoms with Crippen molar-refractivity contribution in [1.29, 1.82) is 0 Å². The number of fused-ring (bicyclic) bond motifs is 3. The van der Waals surface area contributed by atoms with E-state index < -0.39 is 0 Å². The molecule has 0 atom stereocenters. The molecule has 1 N–H and O–H groups in total. The lowest BCUT2D eigenvalue weighted by Crippen LogP contribution is -1.98. The van der Waals surface area contributed by atoms with Crippen molar-refractivity contribution in [2.24, 2.45) is 0 Å². The van der Waals surface area contributed by atoms with Crippen molar-refractivity contribution in [3.05, 3.63) is 53.8 Å². The van der Waals surface area contributed by atoms with Crippen LogP contribution in [0.2, 0.25) is 0 Å². The molecule has 4 rings (SSSR count). The average molecular weight is 264 g/mol. The smallest absolute Gasteiger partial charge is 0.135 e. The third-order valence-electron chi connectivity index (χ3n) is 4.16. The van der Waals surface area contributed by atoms with Gasteiger partial charge in [0, 0.05) is 22.9 Å². The van der Waals surface area contributed by atoms with Crippen molar-refractivity contribution in [1.82, 2.24) is 0 Å². The Hall–Kier alpha value is -2.22. The van der Waals surface area contributed by atoms with E-state index in [9.17, 15) is 5.11 Å². The minimum Gasteiger partial charge on any atom is -0.507 e. The number of phenols is 1. The molecule has 0 saturated heterocycles. The Labute approximate surface area is 117 Å². The molecule has 2 nitrogen and oxygen atoms in total. The molecule has 100 valence electrons. The highest BCUT2D eigenvalue weighted by Crippen LogP contribution is 2.38. The van der Waals surface area contributed by atoms with Crippen LogP contribution in [0.4, 0.5) is 0 Å². The van der Waals surface area contributed by atoms with Gasteiger partial charge in [0.25, 0.3) is 0 Å². The summed E-state index contributed by atoms with van der Waals surface area (Å²) in [6, 6.07) is 13.8. The molecule has 0 spiro atoms. The van der Waals surface area contributed by atoms with E-state index in [1.165, 1.54) is 18.4 Å². The highest BCUT2D eigenvalue weighted by molar-refractivity contribution is 5.90. The number of phenolic OH excluding ortho intramolecular Hbond substituents is 1. The Morgan fingerprint density at radius 2 is 1.75 bits per heavy atom. The lowest BCUT2D eigenvalue weighted by Gasteiger charge is -2.08. The van der Waals surface area contributed by atoms with Gasteiger partial charge in [-0.15, -0.1) is 0 Å². The second-order valence-electron chi connectivity index (χ2n) is 5.44. The molecular weight excluding hydrogens is 248 g/mol. The molecule has 0 radical (unpaired) electrons. The Morgan fingerprint density at radius 1 is 0.950 bits per heavy atom. The number of hydrogen-bond acceptors (Lipinski definition) is 2. The van der Waals surface area contributed by atoms with Gasteiger partial charge in [-0.05, 0) is 37.0 Å². The van der Waals surface area contributed by atoms with Crippen LogP contribution in [0.3, 0.4) is 0 Å². The Morgan fingerprint density at radius 3 is 2.60 bits per heavy atom. The minimum absolute atomic E-state index is 0.331. The molecule has 0 amide bonds. The van der Waals surface area contributed by atoms with E-state index in [4.69, 9.17) is 4.42 Å². The zero-order valence-corrected chi connectivity index (χ0v) is 11.2. The quantitative estimate of drug-likeness (QED) is 0.692. The maximum atomic E-state index is 10.3. The number of aromatic hydroxyl groups is 1. The summed E-state index contributed by atoms with van der Waals surface area (Å²) in [6.45, 7) is 0. The molecule has 1 aliphatic carbocycles. The number of rotatable bonds is 1. The summed E-state index contributed by atoms with van der Waals surface area (Å²) in [5.41, 5.74) is 4.04. The van der Waals surface area contributed by atoms with Crippen LogP contribution >= 0.6 is 0 Å². The third-order valence-corrected chi connectivity index (χ3v) is 4.16. The van der Waals surface area contributed by atoms with E-state index in [1.807, 2.05) is 42.5 Å². The predicted octanol–water partition coefficient (Wildman–Crippen LogP) is 4.68. The van der Waals surface area contributed by atoms with Crippen molar-refractivity contribution in [3.8, 4) is 16.9 Å². The summed E-state index contributed by atoms with van der Waals surface area (Å²) in [6.07, 6.45) is 4.49. The predicted molar refractivity (Wildman–Crippen MR) is 80.0 cm³/mol. The first kappa shape index (κ1) is 11.6. The van der Waals surface area contributed by atoms with E-state index in [1.54, 1.807) is 0 Å². The van der Waals surface area contributed by atoms with Gasteiger partial charge < -0.3 is 9.52 Å². The van der Waals surface area contributed by atoms with Gasteiger partial charge in [0.15, 0.2) is 0 Å². The fraction of sp³-hybridized carbons (Fsp3) is 0.222. The summed E-state index contributed by atoms with van der Waals surface area (Å²) in [4.78, 5) is 0. The first-order valence-corrected chi connectivity index (χ1v) is 7.15. The Bertz CT molecular complexity index is 769. The monoisotopic (exact) mass is 264 g/mol. The zero-order chi connectivity index (χ0) is 13.5. The molecule has 3 aromatic rings. The van der Waals surface area contributed by atoms with Crippen LogP contribution in [0.5, 0.6) is 5.75 Å². The lowest BCUT2D eigenvalue weighted by atomic mass is 9.95. The van der Waals surface area contributed by atoms with Crippen molar-refractivity contribution in [2.45, 2.75) is 25.7 Å². The maximum Gasteiger partial charge on any atom is 0.135 e. The van der Waals surface area contributed by atoms with Gasteiger partial charge in [-0.2, -0.15) is 0 Å². The molecule has 0 unspecified atom stereocenters. The Kier molecular flexibility index (Phi) is 2.56. The fourth-order valence-corrected chi connectivity index (χ4v) is 3.15. The highest BCUT2D eigenvalue weighted by atomic mass is 16.3. The maximum absolute atomic E-state index is 10.3. The standard InChI is InChI=1S/C18H16O2/c19-16-10-15-13-8-4-5-9-17(13)20-18(15)11-14(16)12-6-2-1-3-7-12/h1-3,6-7,10-11,19H,4-5,8-9H2. The molecule has 0 aliphatic heterocycles. The first-order chi connectivity index (χ1) is 9.83. The van der Waals surface area contributed by atoms with Crippen molar-refractivity contribution >= 4 is 11.0 Å². The Balaban J connectivity index is 1.95. The first-order valence-electron chi connectivity index (χ1n) is 7.15. The van der Waals surface area contributed by atoms with Crippen LogP contribution in [-0.4, -0.2) is 5.11 Å².